The molecule has 2 unspecified atom stereocenters. The van der Waals surface area contributed by atoms with Crippen LogP contribution in [-0.2, 0) is 19.9 Å². The number of furan rings is 1. The van der Waals surface area contributed by atoms with Gasteiger partial charge in [-0.1, -0.05) is 6.07 Å². The molecule has 1 amide bonds. The van der Waals surface area contributed by atoms with Gasteiger partial charge in [0.05, 0.1) is 18.1 Å². The van der Waals surface area contributed by atoms with Crippen LogP contribution >= 0.6 is 0 Å². The van der Waals surface area contributed by atoms with Crippen LogP contribution in [0.25, 0.3) is 0 Å². The number of carbonyl (C=O) groups excluding carboxylic acids is 1. The molecule has 4 heterocycles. The van der Waals surface area contributed by atoms with Crippen molar-refractivity contribution in [2.24, 2.45) is 18.9 Å². The lowest BCUT2D eigenvalue weighted by atomic mass is 10.1. The second-order valence-corrected chi connectivity index (χ2v) is 9.27. The summed E-state index contributed by atoms with van der Waals surface area (Å²) in [5.41, 5.74) is 4.32. The van der Waals surface area contributed by atoms with E-state index in [4.69, 9.17) is 9.40 Å². The number of hydrogen-bond acceptors (Lipinski definition) is 5. The van der Waals surface area contributed by atoms with Gasteiger partial charge in [-0.05, 0) is 61.8 Å². The van der Waals surface area contributed by atoms with Gasteiger partial charge in [0.25, 0.3) is 5.91 Å². The number of aryl methyl sites for hydroxylation is 2. The molecule has 0 bridgehead atoms. The molecule has 1 aliphatic heterocycles. The zero-order chi connectivity index (χ0) is 21.1. The molecular weight excluding hydrogens is 390 g/mol. The lowest BCUT2D eigenvalue weighted by Gasteiger charge is -2.20. The fourth-order valence-electron chi connectivity index (χ4n) is 5.16. The van der Waals surface area contributed by atoms with Crippen molar-refractivity contribution < 1.29 is 9.21 Å². The van der Waals surface area contributed by atoms with Gasteiger partial charge in [-0.15, -0.1) is 0 Å². The molecular formula is C24H27N5O2. The number of nitrogens with zero attached hydrogens (tertiary/aromatic N) is 4. The van der Waals surface area contributed by atoms with Crippen LogP contribution in [0.5, 0.6) is 0 Å². The molecule has 0 radical (unpaired) electrons. The third-order valence-corrected chi connectivity index (χ3v) is 7.13. The maximum Gasteiger partial charge on any atom is 0.287 e. The van der Waals surface area contributed by atoms with E-state index in [1.165, 1.54) is 12.1 Å². The number of amides is 1. The predicted octanol–water partition coefficient (Wildman–Crippen LogP) is 3.18. The molecule has 1 saturated carbocycles. The van der Waals surface area contributed by atoms with Crippen LogP contribution < -0.4 is 10.2 Å². The summed E-state index contributed by atoms with van der Waals surface area (Å²) in [6, 6.07) is 7.86. The van der Waals surface area contributed by atoms with Crippen LogP contribution in [0.1, 0.15) is 57.8 Å². The highest BCUT2D eigenvalue weighted by molar-refractivity contribution is 5.91. The maximum absolute atomic E-state index is 12.7. The minimum absolute atomic E-state index is 0.0483. The molecule has 0 spiro atoms. The topological polar surface area (TPSA) is 76.2 Å². The average molecular weight is 418 g/mol. The van der Waals surface area contributed by atoms with Gasteiger partial charge in [0.15, 0.2) is 5.76 Å². The Labute approximate surface area is 181 Å². The number of aromatic nitrogens is 3. The Bertz CT molecular complexity index is 1150. The molecule has 1 saturated heterocycles. The van der Waals surface area contributed by atoms with Gasteiger partial charge in [0.1, 0.15) is 11.6 Å². The molecule has 3 aromatic rings. The highest BCUT2D eigenvalue weighted by atomic mass is 16.3. The second-order valence-electron chi connectivity index (χ2n) is 9.27. The number of fused-ring (bicyclic) bond motifs is 2. The van der Waals surface area contributed by atoms with Crippen molar-refractivity contribution in [2.75, 3.05) is 18.0 Å². The first-order valence-electron chi connectivity index (χ1n) is 11.2. The van der Waals surface area contributed by atoms with Gasteiger partial charge in [0, 0.05) is 37.9 Å². The Kier molecular flexibility index (Phi) is 4.20. The van der Waals surface area contributed by atoms with Crippen LogP contribution in [0.4, 0.5) is 5.82 Å². The van der Waals surface area contributed by atoms with E-state index in [0.29, 0.717) is 12.2 Å². The lowest BCUT2D eigenvalue weighted by Crippen LogP contribution is -2.27. The Morgan fingerprint density at radius 3 is 2.87 bits per heavy atom. The quantitative estimate of drug-likeness (QED) is 0.690. The highest BCUT2D eigenvalue weighted by Gasteiger charge is 2.45. The third kappa shape index (κ3) is 3.32. The first-order valence-corrected chi connectivity index (χ1v) is 11.2. The first kappa shape index (κ1) is 18.7. The summed E-state index contributed by atoms with van der Waals surface area (Å²) in [5, 5.41) is 3.07. The number of imidazole rings is 1. The Morgan fingerprint density at radius 1 is 1.23 bits per heavy atom. The number of carbonyl (C=O) groups is 1. The first-order chi connectivity index (χ1) is 15.0. The number of piperidine rings is 1. The fourth-order valence-corrected chi connectivity index (χ4v) is 5.16. The van der Waals surface area contributed by atoms with Crippen molar-refractivity contribution >= 4 is 11.7 Å². The predicted molar refractivity (Wildman–Crippen MR) is 116 cm³/mol. The van der Waals surface area contributed by atoms with Crippen LogP contribution in [-0.4, -0.2) is 33.5 Å². The summed E-state index contributed by atoms with van der Waals surface area (Å²) >= 11 is 0. The van der Waals surface area contributed by atoms with Crippen molar-refractivity contribution in [1.82, 2.24) is 19.9 Å². The molecule has 2 aliphatic carbocycles. The van der Waals surface area contributed by atoms with E-state index in [2.05, 4.69) is 34.3 Å². The standard InChI is InChI=1S/C24H27N5O2/c1-14-15(3-8-22(26-14)29-11-16-9-17(16)12-29)10-18-4-7-21(31-18)24(30)27-19-5-6-20-23(19)25-13-28(20)2/h3-4,7-8,13,16-17,19H,5-6,9-12H2,1-2H3,(H,27,30)/t16?,17?,19-/m1/s1. The molecule has 3 aliphatic rings. The third-order valence-electron chi connectivity index (χ3n) is 7.13. The summed E-state index contributed by atoms with van der Waals surface area (Å²) in [6.07, 6.45) is 5.64. The van der Waals surface area contributed by atoms with Crippen LogP contribution in [0, 0.1) is 18.8 Å². The van der Waals surface area contributed by atoms with Gasteiger partial charge >= 0.3 is 0 Å². The van der Waals surface area contributed by atoms with Crippen LogP contribution in [0.3, 0.4) is 0 Å². The van der Waals surface area contributed by atoms with E-state index in [9.17, 15) is 4.79 Å². The fraction of sp³-hybridized carbons (Fsp3) is 0.458. The number of hydrogen-bond donors (Lipinski definition) is 1. The van der Waals surface area contributed by atoms with Crippen molar-refractivity contribution in [3.8, 4) is 0 Å². The summed E-state index contributed by atoms with van der Waals surface area (Å²) in [7, 11) is 1.99. The average Bonchev–Trinajstić information content (AvgIpc) is 3.22. The molecule has 3 atom stereocenters. The summed E-state index contributed by atoms with van der Waals surface area (Å²) < 4.78 is 7.91. The zero-order valence-electron chi connectivity index (χ0n) is 18.0. The van der Waals surface area contributed by atoms with Gasteiger partial charge in [0.2, 0.25) is 0 Å². The van der Waals surface area contributed by atoms with E-state index in [1.807, 2.05) is 24.0 Å². The maximum atomic E-state index is 12.7. The molecule has 1 N–H and O–H groups in total. The lowest BCUT2D eigenvalue weighted by molar-refractivity contribution is 0.0906. The monoisotopic (exact) mass is 417 g/mol. The number of nitrogens with one attached hydrogen (secondary N) is 1. The molecule has 6 rings (SSSR count). The summed E-state index contributed by atoms with van der Waals surface area (Å²) in [6.45, 7) is 4.35. The van der Waals surface area contributed by atoms with Gasteiger partial charge in [-0.3, -0.25) is 4.79 Å². The molecule has 3 aromatic heterocycles. The van der Waals surface area contributed by atoms with E-state index in [-0.39, 0.29) is 11.9 Å². The summed E-state index contributed by atoms with van der Waals surface area (Å²) in [5.74, 6) is 3.80. The summed E-state index contributed by atoms with van der Waals surface area (Å²) in [4.78, 5) is 24.4. The SMILES string of the molecule is Cc1nc(N2CC3CC3C2)ccc1Cc1ccc(C(=O)N[C@@H]2CCc3c2ncn3C)o1. The van der Waals surface area contributed by atoms with Crippen molar-refractivity contribution in [1.29, 1.82) is 0 Å². The van der Waals surface area contributed by atoms with E-state index in [0.717, 1.165) is 66.3 Å². The van der Waals surface area contributed by atoms with Crippen molar-refractivity contribution in [2.45, 2.75) is 38.6 Å². The van der Waals surface area contributed by atoms with Crippen LogP contribution in [0.2, 0.25) is 0 Å². The highest BCUT2D eigenvalue weighted by Crippen LogP contribution is 2.46. The van der Waals surface area contributed by atoms with E-state index in [1.54, 1.807) is 6.07 Å². The van der Waals surface area contributed by atoms with Crippen molar-refractivity contribution in [3.05, 3.63) is 64.8 Å². The Hall–Kier alpha value is -3.09. The molecule has 7 nitrogen and oxygen atoms in total. The Balaban J connectivity index is 1.12. The molecule has 31 heavy (non-hydrogen) atoms. The second kappa shape index (κ2) is 6.97. The molecule has 2 fully saturated rings. The van der Waals surface area contributed by atoms with Gasteiger partial charge < -0.3 is 19.2 Å². The molecule has 0 aromatic carbocycles. The van der Waals surface area contributed by atoms with Crippen molar-refractivity contribution in [3.63, 3.8) is 0 Å². The van der Waals surface area contributed by atoms with E-state index >= 15 is 0 Å². The molecule has 160 valence electrons. The largest absolute Gasteiger partial charge is 0.456 e. The van der Waals surface area contributed by atoms with Crippen LogP contribution in [0.15, 0.2) is 35.0 Å². The number of pyridine rings is 1. The molecule has 7 heteroatoms. The Morgan fingerprint density at radius 2 is 2.06 bits per heavy atom. The normalized spacial score (nSPS) is 23.7. The smallest absolute Gasteiger partial charge is 0.287 e. The van der Waals surface area contributed by atoms with Gasteiger partial charge in [-0.2, -0.15) is 0 Å². The van der Waals surface area contributed by atoms with E-state index < -0.39 is 0 Å². The zero-order valence-corrected chi connectivity index (χ0v) is 18.0. The minimum atomic E-state index is -0.187. The van der Waals surface area contributed by atoms with Gasteiger partial charge in [-0.25, -0.2) is 9.97 Å². The number of rotatable bonds is 5. The number of anilines is 1. The minimum Gasteiger partial charge on any atom is -0.456 e.